The number of benzene rings is 1. The molecule has 0 amide bonds. The Morgan fingerprint density at radius 3 is 2.65 bits per heavy atom. The zero-order chi connectivity index (χ0) is 16.6. The largest absolute Gasteiger partial charge is 0.398 e. The summed E-state index contributed by atoms with van der Waals surface area (Å²) in [6.07, 6.45) is 1.68. The van der Waals surface area contributed by atoms with Crippen molar-refractivity contribution in [3.8, 4) is 0 Å². The van der Waals surface area contributed by atoms with Gasteiger partial charge in [-0.15, -0.1) is 0 Å². The summed E-state index contributed by atoms with van der Waals surface area (Å²) in [4.78, 5) is 12.3. The lowest BCUT2D eigenvalue weighted by Gasteiger charge is -2.13. The first kappa shape index (κ1) is 14.8. The molecule has 2 heterocycles. The Morgan fingerprint density at radius 2 is 1.87 bits per heavy atom. The fourth-order valence-electron chi connectivity index (χ4n) is 2.46. The summed E-state index contributed by atoms with van der Waals surface area (Å²) in [6.45, 7) is 4.64. The van der Waals surface area contributed by atoms with Crippen LogP contribution in [-0.2, 0) is 6.54 Å². The molecule has 0 aliphatic heterocycles. The van der Waals surface area contributed by atoms with Crippen LogP contribution in [0.5, 0.6) is 0 Å². The van der Waals surface area contributed by atoms with E-state index < -0.39 is 0 Å². The highest BCUT2D eigenvalue weighted by molar-refractivity contribution is 5.97. The minimum Gasteiger partial charge on any atom is -0.398 e. The second-order valence-electron chi connectivity index (χ2n) is 5.53. The van der Waals surface area contributed by atoms with Crippen molar-refractivity contribution in [2.45, 2.75) is 20.4 Å². The molecule has 3 aromatic rings. The summed E-state index contributed by atoms with van der Waals surface area (Å²) in [5, 5.41) is 3.92. The number of fused-ring (bicyclic) bond motifs is 1. The van der Waals surface area contributed by atoms with Crippen molar-refractivity contribution in [2.75, 3.05) is 22.5 Å². The van der Waals surface area contributed by atoms with Gasteiger partial charge in [-0.25, -0.2) is 4.98 Å². The average Bonchev–Trinajstić information content (AvgIpc) is 2.49. The number of nitrogen functional groups attached to an aromatic ring is 3. The Kier molecular flexibility index (Phi) is 3.61. The van der Waals surface area contributed by atoms with E-state index in [2.05, 4.69) is 52.3 Å². The van der Waals surface area contributed by atoms with Gasteiger partial charge in [0.15, 0.2) is 5.65 Å². The normalized spacial score (nSPS) is 10.9. The van der Waals surface area contributed by atoms with E-state index in [0.29, 0.717) is 23.3 Å². The molecule has 2 aromatic heterocycles. The van der Waals surface area contributed by atoms with Crippen molar-refractivity contribution in [1.82, 2.24) is 15.0 Å². The third-order valence-corrected chi connectivity index (χ3v) is 3.76. The van der Waals surface area contributed by atoms with Crippen molar-refractivity contribution in [3.63, 3.8) is 0 Å². The SMILES string of the molecule is Cc1ccc(C)c(NCc2cnc3nc(N)nc(N)c3c2N)c1. The molecule has 0 aliphatic carbocycles. The van der Waals surface area contributed by atoms with Gasteiger partial charge in [0, 0.05) is 24.0 Å². The number of rotatable bonds is 3. The molecule has 0 atom stereocenters. The van der Waals surface area contributed by atoms with Crippen LogP contribution in [0.4, 0.5) is 23.1 Å². The van der Waals surface area contributed by atoms with Gasteiger partial charge in [0.2, 0.25) is 5.95 Å². The molecule has 0 unspecified atom stereocenters. The van der Waals surface area contributed by atoms with Crippen molar-refractivity contribution >= 4 is 34.2 Å². The van der Waals surface area contributed by atoms with Gasteiger partial charge in [-0.1, -0.05) is 12.1 Å². The number of nitrogens with two attached hydrogens (primary N) is 3. The van der Waals surface area contributed by atoms with E-state index >= 15 is 0 Å². The van der Waals surface area contributed by atoms with Crippen LogP contribution in [0.3, 0.4) is 0 Å². The average molecular weight is 309 g/mol. The van der Waals surface area contributed by atoms with Gasteiger partial charge in [-0.2, -0.15) is 9.97 Å². The Morgan fingerprint density at radius 1 is 1.09 bits per heavy atom. The van der Waals surface area contributed by atoms with Crippen molar-refractivity contribution < 1.29 is 0 Å². The monoisotopic (exact) mass is 309 g/mol. The quantitative estimate of drug-likeness (QED) is 0.582. The Balaban J connectivity index is 1.95. The standard InChI is InChI=1S/C16H19N7/c1-8-3-4-9(2)11(5-8)20-6-10-7-21-15-12(13(10)17)14(18)22-16(19)23-15/h3-5,7,20H,6H2,1-2H3,(H6,17,18,19,21,22,23). The molecule has 23 heavy (non-hydrogen) atoms. The molecule has 7 N–H and O–H groups in total. The summed E-state index contributed by atoms with van der Waals surface area (Å²) in [6, 6.07) is 6.25. The molecule has 3 rings (SSSR count). The lowest BCUT2D eigenvalue weighted by molar-refractivity contribution is 1.11. The molecule has 0 radical (unpaired) electrons. The molecule has 0 aliphatic rings. The number of anilines is 4. The van der Waals surface area contributed by atoms with Crippen LogP contribution >= 0.6 is 0 Å². The van der Waals surface area contributed by atoms with E-state index in [1.54, 1.807) is 6.20 Å². The number of nitrogens with zero attached hydrogens (tertiary/aromatic N) is 3. The third-order valence-electron chi connectivity index (χ3n) is 3.76. The highest BCUT2D eigenvalue weighted by Crippen LogP contribution is 2.27. The van der Waals surface area contributed by atoms with E-state index in [0.717, 1.165) is 11.3 Å². The topological polar surface area (TPSA) is 129 Å². The lowest BCUT2D eigenvalue weighted by Crippen LogP contribution is -2.08. The summed E-state index contributed by atoms with van der Waals surface area (Å²) in [5.41, 5.74) is 22.9. The zero-order valence-corrected chi connectivity index (χ0v) is 13.1. The molecule has 0 spiro atoms. The van der Waals surface area contributed by atoms with E-state index in [9.17, 15) is 0 Å². The third kappa shape index (κ3) is 2.80. The molecule has 0 fully saturated rings. The van der Waals surface area contributed by atoms with Crippen LogP contribution in [0.1, 0.15) is 16.7 Å². The van der Waals surface area contributed by atoms with Gasteiger partial charge in [0.1, 0.15) is 5.82 Å². The molecule has 0 saturated heterocycles. The van der Waals surface area contributed by atoms with Crippen molar-refractivity contribution in [1.29, 1.82) is 0 Å². The predicted molar refractivity (Wildman–Crippen MR) is 93.8 cm³/mol. The van der Waals surface area contributed by atoms with E-state index in [1.807, 2.05) is 0 Å². The molecule has 1 aromatic carbocycles. The van der Waals surface area contributed by atoms with Gasteiger partial charge in [0.25, 0.3) is 0 Å². The van der Waals surface area contributed by atoms with Crippen LogP contribution in [0, 0.1) is 13.8 Å². The van der Waals surface area contributed by atoms with Gasteiger partial charge < -0.3 is 22.5 Å². The minimum absolute atomic E-state index is 0.0863. The first-order valence-corrected chi connectivity index (χ1v) is 7.23. The maximum absolute atomic E-state index is 6.22. The first-order chi connectivity index (χ1) is 11.0. The molecule has 0 saturated carbocycles. The zero-order valence-electron chi connectivity index (χ0n) is 13.1. The fourth-order valence-corrected chi connectivity index (χ4v) is 2.46. The highest BCUT2D eigenvalue weighted by atomic mass is 15.1. The second kappa shape index (κ2) is 5.60. The fraction of sp³-hybridized carbons (Fsp3) is 0.188. The Hall–Kier alpha value is -3.09. The van der Waals surface area contributed by atoms with Crippen LogP contribution in [-0.4, -0.2) is 15.0 Å². The maximum Gasteiger partial charge on any atom is 0.224 e. The molecular weight excluding hydrogens is 290 g/mol. The van der Waals surface area contributed by atoms with E-state index in [1.165, 1.54) is 11.1 Å². The smallest absolute Gasteiger partial charge is 0.224 e. The molecule has 7 heteroatoms. The van der Waals surface area contributed by atoms with Gasteiger partial charge in [-0.05, 0) is 31.0 Å². The van der Waals surface area contributed by atoms with Crippen LogP contribution in [0.2, 0.25) is 0 Å². The summed E-state index contributed by atoms with van der Waals surface area (Å²) >= 11 is 0. The number of hydrogen-bond acceptors (Lipinski definition) is 7. The number of nitrogens with one attached hydrogen (secondary N) is 1. The van der Waals surface area contributed by atoms with Gasteiger partial charge in [0.05, 0.1) is 11.1 Å². The minimum atomic E-state index is 0.0863. The van der Waals surface area contributed by atoms with Crippen LogP contribution in [0.25, 0.3) is 11.0 Å². The summed E-state index contributed by atoms with van der Waals surface area (Å²) in [5.74, 6) is 0.328. The molecule has 0 bridgehead atoms. The Bertz CT molecular complexity index is 889. The second-order valence-corrected chi connectivity index (χ2v) is 5.53. The predicted octanol–water partition coefficient (Wildman–Crippen LogP) is 2.00. The lowest BCUT2D eigenvalue weighted by atomic mass is 10.1. The number of pyridine rings is 1. The highest BCUT2D eigenvalue weighted by Gasteiger charge is 2.12. The Labute approximate surface area is 133 Å². The van der Waals surface area contributed by atoms with Gasteiger partial charge in [-0.3, -0.25) is 0 Å². The van der Waals surface area contributed by atoms with E-state index in [-0.39, 0.29) is 11.8 Å². The van der Waals surface area contributed by atoms with Gasteiger partial charge >= 0.3 is 0 Å². The van der Waals surface area contributed by atoms with E-state index in [4.69, 9.17) is 17.2 Å². The summed E-state index contributed by atoms with van der Waals surface area (Å²) in [7, 11) is 0. The molecule has 118 valence electrons. The van der Waals surface area contributed by atoms with Crippen LogP contribution < -0.4 is 22.5 Å². The molecule has 7 nitrogen and oxygen atoms in total. The van der Waals surface area contributed by atoms with Crippen molar-refractivity contribution in [2.24, 2.45) is 0 Å². The molecular formula is C16H19N7. The van der Waals surface area contributed by atoms with Crippen LogP contribution in [0.15, 0.2) is 24.4 Å². The number of aryl methyl sites for hydroxylation is 2. The summed E-state index contributed by atoms with van der Waals surface area (Å²) < 4.78 is 0. The van der Waals surface area contributed by atoms with Crippen molar-refractivity contribution in [3.05, 3.63) is 41.1 Å². The number of aromatic nitrogens is 3. The first-order valence-electron chi connectivity index (χ1n) is 7.23. The number of hydrogen-bond donors (Lipinski definition) is 4. The maximum atomic E-state index is 6.22.